The number of aliphatic hydroxyl groups is 2. The van der Waals surface area contributed by atoms with Gasteiger partial charge in [0.05, 0.1) is 24.9 Å². The number of aliphatic hydroxyl groups excluding tert-OH is 2. The number of allylic oxidation sites excluding steroid dienone is 2. The molecule has 1 aromatic heterocycles. The second-order valence-corrected chi connectivity index (χ2v) is 11.1. The molecule has 1 aromatic rings. The Labute approximate surface area is 202 Å². The Balaban J connectivity index is 1.53. The van der Waals surface area contributed by atoms with Gasteiger partial charge in [0, 0.05) is 25.2 Å². The summed E-state index contributed by atoms with van der Waals surface area (Å²) in [6, 6.07) is 1.01. The maximum atomic E-state index is 13.2. The lowest BCUT2D eigenvalue weighted by Crippen LogP contribution is -2.44. The zero-order chi connectivity index (χ0) is 26.4. The van der Waals surface area contributed by atoms with Gasteiger partial charge in [0.15, 0.2) is 6.23 Å². The minimum Gasteiger partial charge on any atom is -0.387 e. The van der Waals surface area contributed by atoms with E-state index in [0.717, 1.165) is 21.4 Å². The van der Waals surface area contributed by atoms with E-state index in [1.165, 1.54) is 0 Å². The van der Waals surface area contributed by atoms with Gasteiger partial charge in [0.1, 0.15) is 18.3 Å². The standard InChI is InChI=1S/C18H24N4O12P2/c1-20-12-5-3-2-4-10(12)11(19-20)8-22-14(23)6-7-21(18(22)26)17-16(25)15(24)13(33-17)9-32-36(30,31)34-35(27,28)29/h2-7,10,12-13,15-17,24-25H,8-9H2,1H3,(H,30,31)(H2,27,28,29)/t10?,12?,13-,15+,16?,17-/m1/s1. The minimum absolute atomic E-state index is 0.0559. The lowest BCUT2D eigenvalue weighted by Gasteiger charge is -2.22. The number of aromatic nitrogens is 2. The molecule has 0 saturated carbocycles. The number of ether oxygens (including phenoxy) is 1. The molecule has 16 nitrogen and oxygen atoms in total. The second-order valence-electron chi connectivity index (χ2n) is 8.26. The van der Waals surface area contributed by atoms with Crippen LogP contribution in [0.25, 0.3) is 0 Å². The zero-order valence-electron chi connectivity index (χ0n) is 18.6. The van der Waals surface area contributed by atoms with E-state index in [1.54, 1.807) is 12.1 Å². The molecule has 1 fully saturated rings. The fourth-order valence-corrected chi connectivity index (χ4v) is 5.79. The van der Waals surface area contributed by atoms with Crippen molar-refractivity contribution in [3.63, 3.8) is 0 Å². The Kier molecular flexibility index (Phi) is 7.38. The number of fused-ring (bicyclic) bond motifs is 1. The summed E-state index contributed by atoms with van der Waals surface area (Å²) in [6.45, 7) is -1.07. The summed E-state index contributed by atoms with van der Waals surface area (Å²) >= 11 is 0. The van der Waals surface area contributed by atoms with Crippen LogP contribution in [0.4, 0.5) is 0 Å². The van der Waals surface area contributed by atoms with E-state index in [4.69, 9.17) is 14.5 Å². The molecule has 198 valence electrons. The number of hydrogen-bond donors (Lipinski definition) is 5. The summed E-state index contributed by atoms with van der Waals surface area (Å²) in [7, 11) is -8.84. The fraction of sp³-hybridized carbons (Fsp3) is 0.500. The molecule has 3 heterocycles. The number of nitrogens with zero attached hydrogens (tertiary/aromatic N) is 4. The normalized spacial score (nSPS) is 31.4. The molecule has 5 N–H and O–H groups in total. The Morgan fingerprint density at radius 2 is 1.81 bits per heavy atom. The minimum atomic E-state index is -5.37. The Bertz CT molecular complexity index is 1320. The van der Waals surface area contributed by atoms with Gasteiger partial charge < -0.3 is 29.6 Å². The quantitative estimate of drug-likeness (QED) is 0.227. The van der Waals surface area contributed by atoms with E-state index < -0.39 is 58.0 Å². The van der Waals surface area contributed by atoms with E-state index in [0.29, 0.717) is 5.71 Å². The van der Waals surface area contributed by atoms with Crippen LogP contribution in [0.1, 0.15) is 6.23 Å². The summed E-state index contributed by atoms with van der Waals surface area (Å²) < 4.78 is 37.7. The zero-order valence-corrected chi connectivity index (χ0v) is 20.4. The van der Waals surface area contributed by atoms with E-state index in [-0.39, 0.29) is 18.5 Å². The number of phosphoric acid groups is 2. The van der Waals surface area contributed by atoms with Crippen LogP contribution >= 0.6 is 15.6 Å². The molecule has 0 bridgehead atoms. The predicted octanol–water partition coefficient (Wildman–Crippen LogP) is -1.73. The molecule has 4 rings (SSSR count). The van der Waals surface area contributed by atoms with Gasteiger partial charge in [-0.15, -0.1) is 0 Å². The monoisotopic (exact) mass is 550 g/mol. The summed E-state index contributed by atoms with van der Waals surface area (Å²) in [5, 5.41) is 26.9. The molecule has 1 aliphatic carbocycles. The summed E-state index contributed by atoms with van der Waals surface area (Å²) in [6.07, 6.45) is 2.14. The van der Waals surface area contributed by atoms with Gasteiger partial charge in [-0.3, -0.25) is 23.5 Å². The molecule has 0 amide bonds. The van der Waals surface area contributed by atoms with Crippen molar-refractivity contribution in [2.45, 2.75) is 37.1 Å². The van der Waals surface area contributed by atoms with Gasteiger partial charge in [0.2, 0.25) is 0 Å². The highest BCUT2D eigenvalue weighted by Gasteiger charge is 2.46. The number of hydrogen-bond acceptors (Lipinski definition) is 11. The Morgan fingerprint density at radius 1 is 1.11 bits per heavy atom. The third kappa shape index (κ3) is 5.53. The van der Waals surface area contributed by atoms with Crippen molar-refractivity contribution in [3.05, 3.63) is 57.4 Å². The van der Waals surface area contributed by atoms with E-state index >= 15 is 0 Å². The highest BCUT2D eigenvalue weighted by atomic mass is 31.3. The molecular weight excluding hydrogens is 526 g/mol. The van der Waals surface area contributed by atoms with Crippen molar-refractivity contribution >= 4 is 21.4 Å². The summed E-state index contributed by atoms with van der Waals surface area (Å²) in [5.41, 5.74) is -0.950. The smallest absolute Gasteiger partial charge is 0.387 e. The molecule has 3 aliphatic rings. The van der Waals surface area contributed by atoms with Crippen LogP contribution in [0.3, 0.4) is 0 Å². The molecule has 0 aromatic carbocycles. The first kappa shape index (κ1) is 26.8. The van der Waals surface area contributed by atoms with Crippen LogP contribution in [0.15, 0.2) is 51.3 Å². The molecule has 0 spiro atoms. The Morgan fingerprint density at radius 3 is 2.50 bits per heavy atom. The van der Waals surface area contributed by atoms with Gasteiger partial charge in [-0.25, -0.2) is 13.9 Å². The summed E-state index contributed by atoms with van der Waals surface area (Å²) in [5.74, 6) is -0.152. The molecule has 2 aliphatic heterocycles. The van der Waals surface area contributed by atoms with Crippen molar-refractivity contribution in [1.82, 2.24) is 14.1 Å². The topological polar surface area (TPSA) is 223 Å². The lowest BCUT2D eigenvalue weighted by atomic mass is 9.91. The van der Waals surface area contributed by atoms with Gasteiger partial charge in [-0.2, -0.15) is 9.41 Å². The average molecular weight is 550 g/mol. The molecule has 0 radical (unpaired) electrons. The van der Waals surface area contributed by atoms with Crippen LogP contribution in [-0.4, -0.2) is 82.8 Å². The lowest BCUT2D eigenvalue weighted by molar-refractivity contribution is -0.0547. The summed E-state index contributed by atoms with van der Waals surface area (Å²) in [4.78, 5) is 52.4. The molecule has 18 heteroatoms. The highest BCUT2D eigenvalue weighted by molar-refractivity contribution is 7.60. The first-order valence-electron chi connectivity index (χ1n) is 10.5. The third-order valence-corrected chi connectivity index (χ3v) is 8.00. The maximum absolute atomic E-state index is 13.2. The third-order valence-electron chi connectivity index (χ3n) is 5.85. The second kappa shape index (κ2) is 9.91. The van der Waals surface area contributed by atoms with E-state index in [9.17, 15) is 33.8 Å². The molecule has 1 saturated heterocycles. The number of hydrazone groups is 1. The molecule has 4 unspecified atom stereocenters. The van der Waals surface area contributed by atoms with Crippen LogP contribution in [0.2, 0.25) is 0 Å². The molecular formula is C18H24N4O12P2. The first-order chi connectivity index (χ1) is 16.8. The van der Waals surface area contributed by atoms with Crippen LogP contribution in [-0.2, 0) is 29.2 Å². The van der Waals surface area contributed by atoms with Gasteiger partial charge in [-0.05, 0) is 0 Å². The van der Waals surface area contributed by atoms with Gasteiger partial charge in [-0.1, -0.05) is 24.3 Å². The predicted molar refractivity (Wildman–Crippen MR) is 121 cm³/mol. The van der Waals surface area contributed by atoms with Crippen molar-refractivity contribution in [2.75, 3.05) is 13.7 Å². The van der Waals surface area contributed by atoms with Crippen molar-refractivity contribution in [1.29, 1.82) is 0 Å². The molecule has 36 heavy (non-hydrogen) atoms. The highest BCUT2D eigenvalue weighted by Crippen LogP contribution is 2.57. The van der Waals surface area contributed by atoms with Gasteiger partial charge >= 0.3 is 21.3 Å². The average Bonchev–Trinajstić information content (AvgIpc) is 3.25. The van der Waals surface area contributed by atoms with E-state index in [1.807, 2.05) is 24.3 Å². The van der Waals surface area contributed by atoms with Crippen molar-refractivity contribution in [2.24, 2.45) is 11.0 Å². The number of phosphoric ester groups is 1. The van der Waals surface area contributed by atoms with Gasteiger partial charge in [0.25, 0.3) is 5.56 Å². The van der Waals surface area contributed by atoms with Crippen molar-refractivity contribution < 1.29 is 47.6 Å². The maximum Gasteiger partial charge on any atom is 0.481 e. The van der Waals surface area contributed by atoms with Crippen LogP contribution in [0, 0.1) is 5.92 Å². The van der Waals surface area contributed by atoms with Crippen molar-refractivity contribution in [3.8, 4) is 0 Å². The number of rotatable bonds is 8. The first-order valence-corrected chi connectivity index (χ1v) is 13.5. The number of likely N-dealkylation sites (N-methyl/N-ethyl adjacent to an activating group) is 1. The van der Waals surface area contributed by atoms with Crippen LogP contribution < -0.4 is 11.2 Å². The Hall–Kier alpha value is -2.23. The SMILES string of the molecule is CN1N=C(Cn2c(=O)ccn([C@@H]3O[C@H](COP(=O)(O)OP(=O)(O)O)[C@H](O)C3O)c2=O)C2C=CC=CC21. The molecule has 7 atom stereocenters. The largest absolute Gasteiger partial charge is 0.481 e. The van der Waals surface area contributed by atoms with E-state index in [2.05, 4.69) is 13.9 Å². The van der Waals surface area contributed by atoms with Crippen LogP contribution in [0.5, 0.6) is 0 Å². The fourth-order valence-electron chi connectivity index (χ4n) is 4.19.